The molecule has 1 unspecified atom stereocenters. The molecule has 162 valence electrons. The Morgan fingerprint density at radius 3 is 2.45 bits per heavy atom. The van der Waals surface area contributed by atoms with Crippen molar-refractivity contribution in [1.29, 1.82) is 0 Å². The maximum Gasteiger partial charge on any atom is 0.410 e. The Morgan fingerprint density at radius 1 is 1.21 bits per heavy atom. The quantitative estimate of drug-likeness (QED) is 0.810. The lowest BCUT2D eigenvalue weighted by Gasteiger charge is -2.40. The maximum atomic E-state index is 12.6. The van der Waals surface area contributed by atoms with E-state index in [-0.39, 0.29) is 23.2 Å². The minimum Gasteiger partial charge on any atom is -0.493 e. The van der Waals surface area contributed by atoms with Gasteiger partial charge in [-0.25, -0.2) is 9.59 Å². The maximum absolute atomic E-state index is 12.6. The highest BCUT2D eigenvalue weighted by molar-refractivity contribution is 5.90. The van der Waals surface area contributed by atoms with Crippen LogP contribution in [0.4, 0.5) is 24.1 Å². The molecule has 1 aromatic rings. The molecule has 0 saturated carbocycles. The number of piperazine rings is 1. The Labute approximate surface area is 168 Å². The van der Waals surface area contributed by atoms with Gasteiger partial charge < -0.3 is 29.3 Å². The summed E-state index contributed by atoms with van der Waals surface area (Å²) < 4.78 is 39.9. The Balaban J connectivity index is 2.00. The second kappa shape index (κ2) is 9.15. The number of hydrogen-bond donors (Lipinski definition) is 1. The molecule has 1 aromatic carbocycles. The molecule has 3 amide bonds. The molecule has 0 aromatic heterocycles. The van der Waals surface area contributed by atoms with E-state index in [0.29, 0.717) is 19.6 Å². The first kappa shape index (κ1) is 22.5. The van der Waals surface area contributed by atoms with E-state index >= 15 is 0 Å². The van der Waals surface area contributed by atoms with E-state index in [1.54, 1.807) is 30.6 Å². The van der Waals surface area contributed by atoms with Crippen LogP contribution in [0.2, 0.25) is 0 Å². The van der Waals surface area contributed by atoms with E-state index in [0.717, 1.165) is 0 Å². The van der Waals surface area contributed by atoms with Gasteiger partial charge in [0.25, 0.3) is 0 Å². The summed E-state index contributed by atoms with van der Waals surface area (Å²) in [6, 6.07) is 3.55. The van der Waals surface area contributed by atoms with Gasteiger partial charge in [-0.1, -0.05) is 0 Å². The van der Waals surface area contributed by atoms with E-state index in [9.17, 15) is 18.4 Å². The summed E-state index contributed by atoms with van der Waals surface area (Å²) in [5.74, 6) is -0.0502. The van der Waals surface area contributed by atoms with Crippen LogP contribution in [0.3, 0.4) is 0 Å². The largest absolute Gasteiger partial charge is 0.493 e. The van der Waals surface area contributed by atoms with E-state index in [1.165, 1.54) is 25.3 Å². The van der Waals surface area contributed by atoms with Gasteiger partial charge in [0.1, 0.15) is 5.60 Å². The van der Waals surface area contributed by atoms with Gasteiger partial charge in [-0.05, 0) is 39.8 Å². The Kier molecular flexibility index (Phi) is 7.10. The van der Waals surface area contributed by atoms with E-state index in [1.807, 2.05) is 6.92 Å². The van der Waals surface area contributed by atoms with E-state index in [4.69, 9.17) is 9.47 Å². The number of anilines is 1. The summed E-state index contributed by atoms with van der Waals surface area (Å²) in [6.07, 6.45) is -0.423. The highest BCUT2D eigenvalue weighted by Gasteiger charge is 2.32. The molecule has 1 saturated heterocycles. The second-order valence-corrected chi connectivity index (χ2v) is 7.64. The van der Waals surface area contributed by atoms with Crippen LogP contribution in [0.15, 0.2) is 18.2 Å². The topological polar surface area (TPSA) is 80.3 Å². The first-order valence-corrected chi connectivity index (χ1v) is 9.18. The van der Waals surface area contributed by atoms with Crippen molar-refractivity contribution in [2.45, 2.75) is 45.9 Å². The molecule has 0 bridgehead atoms. The van der Waals surface area contributed by atoms with Gasteiger partial charge in [-0.3, -0.25) is 0 Å². The van der Waals surface area contributed by atoms with Crippen molar-refractivity contribution < 1.29 is 32.6 Å². The van der Waals surface area contributed by atoms with Crippen molar-refractivity contribution in [2.24, 2.45) is 0 Å². The molecule has 29 heavy (non-hydrogen) atoms. The molecule has 1 aliphatic heterocycles. The number of hydrogen-bond acceptors (Lipinski definition) is 5. The summed E-state index contributed by atoms with van der Waals surface area (Å²) in [4.78, 5) is 28.0. The number of carbonyl (C=O) groups excluding carboxylic acids is 2. The summed E-state index contributed by atoms with van der Waals surface area (Å²) >= 11 is 0. The lowest BCUT2D eigenvalue weighted by atomic mass is 10.2. The van der Waals surface area contributed by atoms with Crippen LogP contribution in [-0.4, -0.2) is 66.9 Å². The van der Waals surface area contributed by atoms with Crippen molar-refractivity contribution in [1.82, 2.24) is 9.80 Å². The summed E-state index contributed by atoms with van der Waals surface area (Å²) in [5, 5.41) is 2.66. The molecule has 0 spiro atoms. The fraction of sp³-hybridized carbons (Fsp3) is 0.579. The molecule has 10 heteroatoms. The average Bonchev–Trinajstić information content (AvgIpc) is 2.59. The number of methoxy groups -OCH3 is 1. The third kappa shape index (κ3) is 6.37. The summed E-state index contributed by atoms with van der Waals surface area (Å²) in [6.45, 7) is 5.13. The molecule has 1 N–H and O–H groups in total. The standard InChI is InChI=1S/C19H27F2N3O5/c1-12-11-23(18(26)29-19(2,3)4)8-9-24(12)17(25)22-13-6-7-14(27-5)15(10-13)28-16(20)21/h6-7,10,12,16H,8-9,11H2,1-5H3,(H,22,25). The number of carbonyl (C=O) groups is 2. The molecule has 1 fully saturated rings. The van der Waals surface area contributed by atoms with Gasteiger partial charge in [-0.15, -0.1) is 0 Å². The molecular formula is C19H27F2N3O5. The fourth-order valence-electron chi connectivity index (χ4n) is 2.89. The molecule has 1 aliphatic rings. The smallest absolute Gasteiger partial charge is 0.410 e. The number of rotatable bonds is 4. The van der Waals surface area contributed by atoms with Crippen LogP contribution in [0.1, 0.15) is 27.7 Å². The number of benzene rings is 1. The fourth-order valence-corrected chi connectivity index (χ4v) is 2.89. The number of alkyl halides is 2. The second-order valence-electron chi connectivity index (χ2n) is 7.64. The third-order valence-corrected chi connectivity index (χ3v) is 4.17. The molecule has 8 nitrogen and oxygen atoms in total. The highest BCUT2D eigenvalue weighted by Crippen LogP contribution is 2.31. The minimum absolute atomic E-state index is 0.127. The molecule has 1 heterocycles. The third-order valence-electron chi connectivity index (χ3n) is 4.17. The predicted octanol–water partition coefficient (Wildman–Crippen LogP) is 3.77. The number of urea groups is 1. The van der Waals surface area contributed by atoms with Crippen LogP contribution < -0.4 is 14.8 Å². The number of nitrogens with one attached hydrogen (secondary N) is 1. The highest BCUT2D eigenvalue weighted by atomic mass is 19.3. The number of ether oxygens (including phenoxy) is 3. The van der Waals surface area contributed by atoms with Crippen molar-refractivity contribution in [3.63, 3.8) is 0 Å². The lowest BCUT2D eigenvalue weighted by Crippen LogP contribution is -2.57. The van der Waals surface area contributed by atoms with Crippen molar-refractivity contribution >= 4 is 17.8 Å². The summed E-state index contributed by atoms with van der Waals surface area (Å²) in [7, 11) is 1.33. The van der Waals surface area contributed by atoms with Gasteiger partial charge >= 0.3 is 18.7 Å². The molecule has 0 radical (unpaired) electrons. The Bertz CT molecular complexity index is 739. The van der Waals surface area contributed by atoms with E-state index in [2.05, 4.69) is 10.1 Å². The molecule has 0 aliphatic carbocycles. The van der Waals surface area contributed by atoms with Crippen LogP contribution in [0, 0.1) is 0 Å². The van der Waals surface area contributed by atoms with E-state index < -0.39 is 24.3 Å². The molecule has 2 rings (SSSR count). The average molecular weight is 415 g/mol. The van der Waals surface area contributed by atoms with Gasteiger partial charge in [0.05, 0.1) is 7.11 Å². The normalized spacial score (nSPS) is 17.2. The lowest BCUT2D eigenvalue weighted by molar-refractivity contribution is -0.0511. The Hall–Kier alpha value is -2.78. The monoisotopic (exact) mass is 415 g/mol. The number of nitrogens with zero attached hydrogens (tertiary/aromatic N) is 2. The zero-order chi connectivity index (χ0) is 21.8. The first-order valence-electron chi connectivity index (χ1n) is 9.18. The number of amides is 3. The van der Waals surface area contributed by atoms with Gasteiger partial charge in [-0.2, -0.15) is 8.78 Å². The van der Waals surface area contributed by atoms with Crippen LogP contribution in [-0.2, 0) is 4.74 Å². The van der Waals surface area contributed by atoms with Crippen LogP contribution >= 0.6 is 0 Å². The Morgan fingerprint density at radius 2 is 1.90 bits per heavy atom. The SMILES string of the molecule is COc1ccc(NC(=O)N2CCN(C(=O)OC(C)(C)C)CC2C)cc1OC(F)F. The predicted molar refractivity (Wildman–Crippen MR) is 103 cm³/mol. The first-order chi connectivity index (χ1) is 13.5. The van der Waals surface area contributed by atoms with Crippen molar-refractivity contribution in [3.05, 3.63) is 18.2 Å². The van der Waals surface area contributed by atoms with Crippen molar-refractivity contribution in [2.75, 3.05) is 32.1 Å². The van der Waals surface area contributed by atoms with Gasteiger partial charge in [0.2, 0.25) is 0 Å². The van der Waals surface area contributed by atoms with Gasteiger partial charge in [0.15, 0.2) is 11.5 Å². The zero-order valence-electron chi connectivity index (χ0n) is 17.2. The molecule has 1 atom stereocenters. The van der Waals surface area contributed by atoms with Crippen molar-refractivity contribution in [3.8, 4) is 11.5 Å². The minimum atomic E-state index is -3.02. The number of halogens is 2. The zero-order valence-corrected chi connectivity index (χ0v) is 17.2. The molecular weight excluding hydrogens is 388 g/mol. The summed E-state index contributed by atoms with van der Waals surface area (Å²) in [5.41, 5.74) is -0.311. The van der Waals surface area contributed by atoms with Gasteiger partial charge in [0, 0.05) is 37.4 Å². The van der Waals surface area contributed by atoms with Crippen LogP contribution in [0.25, 0.3) is 0 Å². The van der Waals surface area contributed by atoms with Crippen LogP contribution in [0.5, 0.6) is 11.5 Å².